The van der Waals surface area contributed by atoms with Crippen LogP contribution in [0.25, 0.3) is 0 Å². The van der Waals surface area contributed by atoms with Crippen molar-refractivity contribution in [2.45, 2.75) is 86.5 Å². The molecule has 0 spiro atoms. The van der Waals surface area contributed by atoms with Crippen LogP contribution in [-0.4, -0.2) is 30.2 Å². The van der Waals surface area contributed by atoms with E-state index in [9.17, 15) is 9.59 Å². The fraction of sp³-hybridized carbons (Fsp3) is 0.882. The summed E-state index contributed by atoms with van der Waals surface area (Å²) in [7, 11) is 0. The Morgan fingerprint density at radius 2 is 1.32 bits per heavy atom. The molecule has 22 heavy (non-hydrogen) atoms. The topological polar surface area (TPSA) is 78.6 Å². The first-order chi connectivity index (χ1) is 9.75. The third kappa shape index (κ3) is 7.78. The number of hydrogen-bond donors (Lipinski definition) is 1. The molecule has 0 radical (unpaired) electrons. The second-order valence-electron chi connectivity index (χ2n) is 8.09. The Kier molecular flexibility index (Phi) is 7.55. The number of ether oxygens (including phenoxy) is 2. The number of carbonyl (C=O) groups excluding carboxylic acids is 2. The lowest BCUT2D eigenvalue weighted by atomic mass is 9.90. The molecule has 130 valence electrons. The average Bonchev–Trinajstić information content (AvgIpc) is 2.33. The number of nitrogens with two attached hydrogens (primary N) is 1. The molecule has 0 fully saturated rings. The van der Waals surface area contributed by atoms with Crippen LogP contribution in [0.3, 0.4) is 0 Å². The van der Waals surface area contributed by atoms with Gasteiger partial charge in [0.15, 0.2) is 0 Å². The molecule has 0 aliphatic rings. The van der Waals surface area contributed by atoms with Crippen LogP contribution in [0, 0.1) is 10.8 Å². The minimum absolute atomic E-state index is 0.112. The summed E-state index contributed by atoms with van der Waals surface area (Å²) >= 11 is 0. The Bertz CT molecular complexity index is 379. The Balaban J connectivity index is 4.25. The summed E-state index contributed by atoms with van der Waals surface area (Å²) in [6.45, 7) is 15.7. The fourth-order valence-corrected chi connectivity index (χ4v) is 1.26. The predicted molar refractivity (Wildman–Crippen MR) is 87.2 cm³/mol. The number of esters is 2. The third-order valence-electron chi connectivity index (χ3n) is 4.00. The van der Waals surface area contributed by atoms with Crippen molar-refractivity contribution in [3.05, 3.63) is 0 Å². The quantitative estimate of drug-likeness (QED) is 0.762. The minimum atomic E-state index is -0.803. The first-order valence-corrected chi connectivity index (χ1v) is 7.90. The Morgan fingerprint density at radius 3 is 1.73 bits per heavy atom. The number of hydrogen-bond acceptors (Lipinski definition) is 5. The molecule has 0 aromatic heterocycles. The van der Waals surface area contributed by atoms with Crippen molar-refractivity contribution in [3.8, 4) is 0 Å². The maximum atomic E-state index is 11.9. The van der Waals surface area contributed by atoms with E-state index in [-0.39, 0.29) is 41.8 Å². The van der Waals surface area contributed by atoms with Crippen molar-refractivity contribution in [2.75, 3.05) is 0 Å². The van der Waals surface area contributed by atoms with E-state index in [4.69, 9.17) is 15.2 Å². The molecule has 0 rings (SSSR count). The van der Waals surface area contributed by atoms with Gasteiger partial charge in [0.25, 0.3) is 0 Å². The molecule has 5 heteroatoms. The van der Waals surface area contributed by atoms with Gasteiger partial charge in [0.1, 0.15) is 18.2 Å². The second kappa shape index (κ2) is 7.95. The first kappa shape index (κ1) is 20.9. The summed E-state index contributed by atoms with van der Waals surface area (Å²) in [5, 5.41) is 0. The molecule has 2 unspecified atom stereocenters. The lowest BCUT2D eigenvalue weighted by Crippen LogP contribution is -2.38. The molecule has 0 heterocycles. The maximum absolute atomic E-state index is 11.9. The molecule has 0 aliphatic heterocycles. The molecular formula is C17H33NO4. The largest absolute Gasteiger partial charge is 0.462 e. The molecule has 0 aromatic carbocycles. The average molecular weight is 315 g/mol. The van der Waals surface area contributed by atoms with Crippen LogP contribution in [0.4, 0.5) is 0 Å². The van der Waals surface area contributed by atoms with E-state index in [1.165, 1.54) is 0 Å². The minimum Gasteiger partial charge on any atom is -0.462 e. The van der Waals surface area contributed by atoms with Gasteiger partial charge in [0, 0.05) is 6.42 Å². The van der Waals surface area contributed by atoms with Crippen LogP contribution in [0.15, 0.2) is 0 Å². The van der Waals surface area contributed by atoms with E-state index in [0.29, 0.717) is 0 Å². The van der Waals surface area contributed by atoms with Crippen LogP contribution in [0.5, 0.6) is 0 Å². The fourth-order valence-electron chi connectivity index (χ4n) is 1.26. The lowest BCUT2D eigenvalue weighted by Gasteiger charge is -2.28. The van der Waals surface area contributed by atoms with Crippen molar-refractivity contribution in [1.29, 1.82) is 0 Å². The van der Waals surface area contributed by atoms with Gasteiger partial charge in [-0.1, -0.05) is 41.5 Å². The van der Waals surface area contributed by atoms with Gasteiger partial charge in [0.2, 0.25) is 0 Å². The van der Waals surface area contributed by atoms with Crippen molar-refractivity contribution < 1.29 is 19.1 Å². The first-order valence-electron chi connectivity index (χ1n) is 7.90. The standard InChI is InChI=1S/C17H33NO4/c1-11(16(3,4)5)21-14(19)10-9-13(18)15(20)22-12(2)17(6,7)8/h11-13H,9-10,18H2,1-8H3/t11?,12?,13-/m0/s1. The van der Waals surface area contributed by atoms with Crippen molar-refractivity contribution in [1.82, 2.24) is 0 Å². The molecule has 0 aliphatic carbocycles. The van der Waals surface area contributed by atoms with Crippen molar-refractivity contribution in [3.63, 3.8) is 0 Å². The Hall–Kier alpha value is -1.10. The zero-order valence-electron chi connectivity index (χ0n) is 15.4. The second-order valence-corrected chi connectivity index (χ2v) is 8.09. The third-order valence-corrected chi connectivity index (χ3v) is 4.00. The van der Waals surface area contributed by atoms with Gasteiger partial charge >= 0.3 is 11.9 Å². The van der Waals surface area contributed by atoms with E-state index in [1.54, 1.807) is 0 Å². The molecule has 3 atom stereocenters. The molecule has 0 aromatic rings. The van der Waals surface area contributed by atoms with Gasteiger partial charge < -0.3 is 15.2 Å². The Labute approximate surface area is 134 Å². The monoisotopic (exact) mass is 315 g/mol. The van der Waals surface area contributed by atoms with Crippen molar-refractivity contribution >= 4 is 11.9 Å². The SMILES string of the molecule is CC(OC(=O)CC[C@H](N)C(=O)OC(C)C(C)(C)C)C(C)(C)C. The smallest absolute Gasteiger partial charge is 0.323 e. The van der Waals surface area contributed by atoms with Gasteiger partial charge in [-0.25, -0.2) is 0 Å². The predicted octanol–water partition coefficient (Wildman–Crippen LogP) is 3.05. The zero-order valence-corrected chi connectivity index (χ0v) is 15.4. The van der Waals surface area contributed by atoms with Crippen LogP contribution < -0.4 is 5.73 Å². The molecule has 0 saturated heterocycles. The lowest BCUT2D eigenvalue weighted by molar-refractivity contribution is -0.156. The summed E-state index contributed by atoms with van der Waals surface area (Å²) in [5.41, 5.74) is 5.54. The number of carbonyl (C=O) groups is 2. The van der Waals surface area contributed by atoms with Gasteiger partial charge in [-0.15, -0.1) is 0 Å². The van der Waals surface area contributed by atoms with E-state index in [0.717, 1.165) is 0 Å². The summed E-state index contributed by atoms with van der Waals surface area (Å²) in [5.74, 6) is -0.811. The molecular weight excluding hydrogens is 282 g/mol. The highest BCUT2D eigenvalue weighted by Gasteiger charge is 2.27. The van der Waals surface area contributed by atoms with E-state index in [2.05, 4.69) is 0 Å². The highest BCUT2D eigenvalue weighted by atomic mass is 16.5. The highest BCUT2D eigenvalue weighted by Crippen LogP contribution is 2.23. The van der Waals surface area contributed by atoms with Gasteiger partial charge in [-0.3, -0.25) is 9.59 Å². The van der Waals surface area contributed by atoms with Crippen LogP contribution in [-0.2, 0) is 19.1 Å². The summed E-state index contributed by atoms with van der Waals surface area (Å²) < 4.78 is 10.7. The summed E-state index contributed by atoms with van der Waals surface area (Å²) in [6, 6.07) is -0.803. The van der Waals surface area contributed by atoms with Gasteiger partial charge in [0.05, 0.1) is 0 Å². The van der Waals surface area contributed by atoms with Crippen LogP contribution in [0.2, 0.25) is 0 Å². The Morgan fingerprint density at radius 1 is 0.909 bits per heavy atom. The van der Waals surface area contributed by atoms with Crippen LogP contribution in [0.1, 0.15) is 68.2 Å². The van der Waals surface area contributed by atoms with E-state index in [1.807, 2.05) is 55.4 Å². The normalized spacial score (nSPS) is 16.6. The van der Waals surface area contributed by atoms with Crippen LogP contribution >= 0.6 is 0 Å². The molecule has 2 N–H and O–H groups in total. The summed E-state index contributed by atoms with van der Waals surface area (Å²) in [4.78, 5) is 23.7. The maximum Gasteiger partial charge on any atom is 0.323 e. The molecule has 0 bridgehead atoms. The number of rotatable bonds is 6. The van der Waals surface area contributed by atoms with Gasteiger partial charge in [-0.2, -0.15) is 0 Å². The molecule has 0 saturated carbocycles. The van der Waals surface area contributed by atoms with E-state index < -0.39 is 12.0 Å². The van der Waals surface area contributed by atoms with E-state index >= 15 is 0 Å². The molecule has 5 nitrogen and oxygen atoms in total. The molecule has 0 amide bonds. The zero-order chi connectivity index (χ0) is 17.7. The van der Waals surface area contributed by atoms with Gasteiger partial charge in [-0.05, 0) is 31.1 Å². The summed E-state index contributed by atoms with van der Waals surface area (Å²) in [6.07, 6.45) is -0.0885. The van der Waals surface area contributed by atoms with Crippen molar-refractivity contribution in [2.24, 2.45) is 16.6 Å². The highest BCUT2D eigenvalue weighted by molar-refractivity contribution is 5.77.